The number of carboxylic acid groups (broad SMARTS) is 1. The van der Waals surface area contributed by atoms with Gasteiger partial charge in [0.1, 0.15) is 85.1 Å². The van der Waals surface area contributed by atoms with Crippen LogP contribution in [0, 0.1) is 0 Å². The minimum Gasteiger partial charge on any atom is -0.480 e. The zero-order chi connectivity index (χ0) is 97.9. The standard InChI is InChI=1S/C85H126N22O29/c86-16-2-1-9-51(95-73(124)52-23-44(108)30-87-52)72(123)88-31-65(115)102-38-45(109)24-59(102)80(131)96-17-3-10-53(96)74(125)89-32-66(116)103-39-46(110)25-60(103)81(132)97-18-4-11-54(97)75(126)90-33-67(117)104-40-47(111)26-61(104)82(133)98-19-5-12-55(98)76(127)91-34-68(118)105-41-48(112)27-62(105)83(134)99-20-6-13-56(99)77(128)92-35-69(119)106-42-49(113)28-63(106)84(135)100-21-7-14-57(100)78(129)93-36-70(120)107-43-50(114)29-64(107)85(136)101-22-8-15-58(101)79(130)94-37-71(121)122/h44-64,87,108-114H,1-43,86H2,(H,88,123)(H,89,125)(H,90,126)(H,91,127)(H,92,128)(H,93,129)(H,94,130)(H,95,124)(H,121,122)/t44-,45-,46-,47-,48-,49-,50-,51+,52+,53+,54+,55+,56+,57+,58+,59+,60+,61+,62+,63+,64+/m1/s1. The molecular weight excluding hydrogens is 1790 g/mol. The number of amides is 20. The lowest BCUT2D eigenvalue weighted by Crippen LogP contribution is -2.57. The van der Waals surface area contributed by atoms with Crippen molar-refractivity contribution in [3.8, 4) is 0 Å². The summed E-state index contributed by atoms with van der Waals surface area (Å²) in [6, 6.07) is -16.4. The first kappa shape index (κ1) is 102. The number of carboxylic acids is 1. The molecule has 750 valence electrons. The van der Waals surface area contributed by atoms with Gasteiger partial charge in [-0.05, 0) is 109 Å². The summed E-state index contributed by atoms with van der Waals surface area (Å²) in [5, 5.41) is 107. The molecule has 0 aromatic heterocycles. The van der Waals surface area contributed by atoms with Crippen LogP contribution in [0.15, 0.2) is 0 Å². The Hall–Kier alpha value is -11.5. The number of hydrogen-bond acceptors (Lipinski definition) is 30. The number of aliphatic hydroxyl groups is 7. The van der Waals surface area contributed by atoms with Crippen molar-refractivity contribution < 1.29 is 142 Å². The quantitative estimate of drug-likeness (QED) is 0.0271. The minimum absolute atomic E-state index is 0.0166. The second-order valence-electron chi connectivity index (χ2n) is 37.5. The third-order valence-electron chi connectivity index (χ3n) is 28.2. The highest BCUT2D eigenvalue weighted by atomic mass is 16.4. The van der Waals surface area contributed by atoms with E-state index in [1.807, 2.05) is 0 Å². The van der Waals surface area contributed by atoms with E-state index in [9.17, 15) is 136 Å². The smallest absolute Gasteiger partial charge is 0.322 e. The molecule has 21 atom stereocenters. The number of hydrogen-bond donors (Lipinski definition) is 18. The van der Waals surface area contributed by atoms with Crippen LogP contribution in [0.2, 0.25) is 0 Å². The highest BCUT2D eigenvalue weighted by Gasteiger charge is 2.54. The van der Waals surface area contributed by atoms with Crippen LogP contribution >= 0.6 is 0 Å². The number of nitrogens with one attached hydrogen (secondary N) is 9. The normalized spacial score (nSPS) is 30.0. The zero-order valence-corrected chi connectivity index (χ0v) is 75.6. The van der Waals surface area contributed by atoms with Gasteiger partial charge in [0.25, 0.3) is 0 Å². The molecule has 13 aliphatic rings. The van der Waals surface area contributed by atoms with E-state index in [4.69, 9.17) is 10.8 Å². The van der Waals surface area contributed by atoms with Crippen molar-refractivity contribution in [3.05, 3.63) is 0 Å². The first-order chi connectivity index (χ1) is 64.9. The summed E-state index contributed by atoms with van der Waals surface area (Å²) < 4.78 is 0. The molecular formula is C85H126N22O29. The van der Waals surface area contributed by atoms with Crippen LogP contribution in [0.4, 0.5) is 0 Å². The maximum atomic E-state index is 14.5. The molecule has 0 bridgehead atoms. The van der Waals surface area contributed by atoms with E-state index in [2.05, 4.69) is 47.9 Å². The second-order valence-corrected chi connectivity index (χ2v) is 37.5. The maximum Gasteiger partial charge on any atom is 0.322 e. The van der Waals surface area contributed by atoms with Crippen molar-refractivity contribution in [1.82, 2.24) is 107 Å². The Kier molecular flexibility index (Phi) is 33.9. The molecule has 51 nitrogen and oxygen atoms in total. The van der Waals surface area contributed by atoms with E-state index >= 15 is 0 Å². The molecule has 0 spiro atoms. The average molecular weight is 1920 g/mol. The van der Waals surface area contributed by atoms with Gasteiger partial charge >= 0.3 is 5.97 Å². The lowest BCUT2D eigenvalue weighted by molar-refractivity contribution is -0.148. The molecule has 13 rings (SSSR count). The third-order valence-corrected chi connectivity index (χ3v) is 28.2. The number of likely N-dealkylation sites (tertiary alicyclic amines) is 12. The van der Waals surface area contributed by atoms with E-state index in [0.29, 0.717) is 57.9 Å². The fraction of sp³-hybridized carbons (Fsp3) is 0.753. The number of carbonyl (C=O) groups is 21. The van der Waals surface area contributed by atoms with Crippen LogP contribution in [0.25, 0.3) is 0 Å². The molecule has 19 N–H and O–H groups in total. The lowest BCUT2D eigenvalue weighted by Gasteiger charge is -2.32. The highest BCUT2D eigenvalue weighted by Crippen LogP contribution is 2.34. The third kappa shape index (κ3) is 23.5. The van der Waals surface area contributed by atoms with Gasteiger partial charge in [0.2, 0.25) is 118 Å². The Labute approximate surface area is 780 Å². The summed E-state index contributed by atoms with van der Waals surface area (Å²) in [5.41, 5.74) is 5.66. The van der Waals surface area contributed by atoms with Gasteiger partial charge < -0.3 is 153 Å². The van der Waals surface area contributed by atoms with Gasteiger partial charge in [-0.25, -0.2) is 0 Å². The Bertz CT molecular complexity index is 4550. The van der Waals surface area contributed by atoms with E-state index in [1.54, 1.807) is 0 Å². The number of rotatable bonds is 33. The first-order valence-corrected chi connectivity index (χ1v) is 47.2. The number of β-amino-alcohol motifs (C(OH)–C–C–N with tert-alkyl or cyclic N) is 7. The van der Waals surface area contributed by atoms with Crippen LogP contribution in [0.5, 0.6) is 0 Å². The molecule has 0 saturated carbocycles. The first-order valence-electron chi connectivity index (χ1n) is 47.2. The van der Waals surface area contributed by atoms with Gasteiger partial charge in [-0.15, -0.1) is 0 Å². The molecule has 0 aromatic carbocycles. The van der Waals surface area contributed by atoms with Crippen LogP contribution in [-0.2, 0) is 101 Å². The number of aliphatic hydroxyl groups excluding tert-OH is 7. The second kappa shape index (κ2) is 45.2. The van der Waals surface area contributed by atoms with Crippen molar-refractivity contribution >= 4 is 124 Å². The summed E-state index contributed by atoms with van der Waals surface area (Å²) in [4.78, 5) is 304. The minimum atomic E-state index is -1.33. The number of nitrogens with zero attached hydrogens (tertiary/aromatic N) is 12. The molecule has 0 aliphatic carbocycles. The summed E-state index contributed by atoms with van der Waals surface area (Å²) in [6.45, 7) is -5.84. The number of aliphatic carboxylic acids is 1. The number of unbranched alkanes of at least 4 members (excludes halogenated alkanes) is 1. The van der Waals surface area contributed by atoms with Gasteiger partial charge in [-0.1, -0.05) is 0 Å². The average Bonchev–Trinajstić information content (AvgIpc) is 1.67. The molecule has 0 aromatic rings. The van der Waals surface area contributed by atoms with E-state index in [-0.39, 0.29) is 175 Å². The summed E-state index contributed by atoms with van der Waals surface area (Å²) >= 11 is 0. The Balaban J connectivity index is 0.537. The molecule has 13 saturated heterocycles. The van der Waals surface area contributed by atoms with Crippen LogP contribution in [-0.4, -0.2) is 489 Å². The van der Waals surface area contributed by atoms with Crippen LogP contribution in [0.3, 0.4) is 0 Å². The Morgan fingerprint density at radius 3 is 0.721 bits per heavy atom. The molecule has 0 unspecified atom stereocenters. The topological polar surface area (TPSA) is 693 Å². The van der Waals surface area contributed by atoms with Crippen molar-refractivity contribution in [1.29, 1.82) is 0 Å². The highest BCUT2D eigenvalue weighted by molar-refractivity contribution is 6.02. The molecule has 13 aliphatic heterocycles. The van der Waals surface area contributed by atoms with Gasteiger partial charge in [0.05, 0.1) is 88.0 Å². The van der Waals surface area contributed by atoms with Gasteiger partial charge in [-0.3, -0.25) is 101 Å². The molecule has 0 radical (unpaired) electrons. The Morgan fingerprint density at radius 1 is 0.279 bits per heavy atom. The SMILES string of the molecule is NCCCC[C@H](NC(=O)[C@@H]1C[C@@H](O)CN1)C(=O)NCC(=O)N1C[C@H](O)C[C@H]1C(=O)N1CCC[C@H]1C(=O)NCC(=O)N1C[C@H](O)C[C@H]1C(=O)N1CCC[C@H]1C(=O)NCC(=O)N1C[C@H](O)C[C@H]1C(=O)N1CCC[C@H]1C(=O)NCC(=O)N1C[C@H](O)C[C@H]1C(=O)N1CCC[C@H]1C(=O)NCC(=O)N1C[C@H](O)C[C@H]1C(=O)N1CCC[C@H]1C(=O)NCC(=O)N1C[C@H](O)C[C@H]1C(=O)N1CCC[C@H]1C(=O)NCC(=O)O. The summed E-state index contributed by atoms with van der Waals surface area (Å²) in [6.07, 6.45) is -5.03. The van der Waals surface area contributed by atoms with Crippen LogP contribution < -0.4 is 53.6 Å². The Morgan fingerprint density at radius 2 is 0.507 bits per heavy atom. The predicted octanol–water partition coefficient (Wildman–Crippen LogP) is -14.1. The molecule has 13 fully saturated rings. The van der Waals surface area contributed by atoms with Crippen molar-refractivity contribution in [3.63, 3.8) is 0 Å². The van der Waals surface area contributed by atoms with E-state index in [0.717, 1.165) is 29.4 Å². The largest absolute Gasteiger partial charge is 0.480 e. The molecule has 13 heterocycles. The molecule has 136 heavy (non-hydrogen) atoms. The maximum absolute atomic E-state index is 14.5. The zero-order valence-electron chi connectivity index (χ0n) is 75.6. The molecule has 20 amide bonds. The van der Waals surface area contributed by atoms with Crippen molar-refractivity contribution in [2.45, 2.75) is 269 Å². The number of nitrogens with two attached hydrogens (primary N) is 1. The predicted molar refractivity (Wildman–Crippen MR) is 461 cm³/mol. The summed E-state index contributed by atoms with van der Waals surface area (Å²) in [7, 11) is 0. The van der Waals surface area contributed by atoms with E-state index in [1.165, 1.54) is 29.4 Å². The molecule has 51 heteroatoms. The fourth-order valence-corrected chi connectivity index (χ4v) is 21.4. The monoisotopic (exact) mass is 1920 g/mol. The van der Waals surface area contributed by atoms with Crippen LogP contribution in [0.1, 0.15) is 141 Å². The summed E-state index contributed by atoms with van der Waals surface area (Å²) in [5.74, 6) is -15.9. The van der Waals surface area contributed by atoms with Gasteiger partial charge in [0.15, 0.2) is 0 Å². The lowest BCUT2D eigenvalue weighted by atomic mass is 10.1. The van der Waals surface area contributed by atoms with Crippen molar-refractivity contribution in [2.24, 2.45) is 5.73 Å². The number of carbonyl (C=O) groups excluding carboxylic acids is 20. The van der Waals surface area contributed by atoms with Gasteiger partial charge in [0, 0.05) is 124 Å². The fourth-order valence-electron chi connectivity index (χ4n) is 21.4. The van der Waals surface area contributed by atoms with Crippen molar-refractivity contribution in [2.75, 3.05) is 137 Å². The van der Waals surface area contributed by atoms with Gasteiger partial charge in [-0.2, -0.15) is 0 Å². The van der Waals surface area contributed by atoms with E-state index < -0.39 is 297 Å².